The van der Waals surface area contributed by atoms with Gasteiger partial charge in [-0.05, 0) is 23.8 Å². The lowest BCUT2D eigenvalue weighted by atomic mass is 10.2. The summed E-state index contributed by atoms with van der Waals surface area (Å²) in [5.41, 5.74) is 3.63. The van der Waals surface area contributed by atoms with Gasteiger partial charge < -0.3 is 0 Å². The Morgan fingerprint density at radius 2 is 1.84 bits per heavy atom. The van der Waals surface area contributed by atoms with Gasteiger partial charge in [0.15, 0.2) is 0 Å². The molecule has 0 radical (unpaired) electrons. The molecule has 96 valence electrons. The van der Waals surface area contributed by atoms with Gasteiger partial charge in [-0.15, -0.1) is 0 Å². The summed E-state index contributed by atoms with van der Waals surface area (Å²) in [6.07, 6.45) is 1.56. The Morgan fingerprint density at radius 1 is 1.11 bits per heavy atom. The number of hydrazone groups is 1. The molecule has 0 saturated carbocycles. The molecule has 3 nitrogen and oxygen atoms in total. The van der Waals surface area contributed by atoms with E-state index in [9.17, 15) is 4.79 Å². The van der Waals surface area contributed by atoms with Crippen LogP contribution >= 0.6 is 23.2 Å². The summed E-state index contributed by atoms with van der Waals surface area (Å²) in [5.74, 6) is -0.381. The highest BCUT2D eigenvalue weighted by molar-refractivity contribution is 6.36. The molecule has 1 amide bonds. The van der Waals surface area contributed by atoms with E-state index >= 15 is 0 Å². The lowest BCUT2D eigenvalue weighted by Gasteiger charge is -2.02. The first-order chi connectivity index (χ1) is 9.16. The third-order valence-electron chi connectivity index (χ3n) is 2.36. The number of benzene rings is 2. The number of carbonyl (C=O) groups is 1. The number of rotatable bonds is 3. The first-order valence-electron chi connectivity index (χ1n) is 5.50. The Kier molecular flexibility index (Phi) is 4.55. The van der Waals surface area contributed by atoms with Crippen LogP contribution in [0, 0.1) is 0 Å². The molecule has 0 aromatic heterocycles. The smallest absolute Gasteiger partial charge is 0.267 e. The van der Waals surface area contributed by atoms with Gasteiger partial charge in [0.25, 0.3) is 5.91 Å². The highest BCUT2D eigenvalue weighted by Crippen LogP contribution is 2.20. The molecule has 0 spiro atoms. The molecule has 2 rings (SSSR count). The second-order valence-electron chi connectivity index (χ2n) is 3.73. The summed E-state index contributed by atoms with van der Waals surface area (Å²) in [7, 11) is 0. The van der Waals surface area contributed by atoms with Crippen LogP contribution in [0.3, 0.4) is 0 Å². The molecule has 0 fully saturated rings. The maximum atomic E-state index is 11.8. The van der Waals surface area contributed by atoms with Crippen LogP contribution in [0.2, 0.25) is 10.0 Å². The van der Waals surface area contributed by atoms with Crippen LogP contribution in [0.5, 0.6) is 0 Å². The average molecular weight is 293 g/mol. The van der Waals surface area contributed by atoms with E-state index in [1.54, 1.807) is 18.3 Å². The van der Waals surface area contributed by atoms with Gasteiger partial charge >= 0.3 is 0 Å². The largest absolute Gasteiger partial charge is 0.272 e. The fraction of sp³-hybridized carbons (Fsp3) is 0. The van der Waals surface area contributed by atoms with Crippen LogP contribution in [0.1, 0.15) is 15.9 Å². The number of carbonyl (C=O) groups excluding carboxylic acids is 1. The maximum absolute atomic E-state index is 11.8. The van der Waals surface area contributed by atoms with E-state index in [0.29, 0.717) is 15.6 Å². The van der Waals surface area contributed by atoms with Crippen molar-refractivity contribution in [2.75, 3.05) is 0 Å². The highest BCUT2D eigenvalue weighted by atomic mass is 35.5. The van der Waals surface area contributed by atoms with Crippen LogP contribution in [-0.4, -0.2) is 12.1 Å². The molecule has 0 heterocycles. The van der Waals surface area contributed by atoms with Crippen LogP contribution in [-0.2, 0) is 0 Å². The lowest BCUT2D eigenvalue weighted by molar-refractivity contribution is 0.0955. The molecule has 0 aliphatic carbocycles. The van der Waals surface area contributed by atoms with Gasteiger partial charge in [-0.25, -0.2) is 5.43 Å². The average Bonchev–Trinajstić information content (AvgIpc) is 2.39. The zero-order chi connectivity index (χ0) is 13.7. The summed E-state index contributed by atoms with van der Waals surface area (Å²) < 4.78 is 0. The molecule has 2 aromatic rings. The van der Waals surface area contributed by atoms with E-state index in [0.717, 1.165) is 5.56 Å². The topological polar surface area (TPSA) is 41.5 Å². The number of nitrogens with zero attached hydrogens (tertiary/aromatic N) is 1. The molecule has 0 bridgehead atoms. The van der Waals surface area contributed by atoms with Crippen molar-refractivity contribution in [3.8, 4) is 0 Å². The van der Waals surface area contributed by atoms with Gasteiger partial charge in [-0.3, -0.25) is 4.79 Å². The maximum Gasteiger partial charge on any atom is 0.272 e. The molecule has 0 aliphatic heterocycles. The van der Waals surface area contributed by atoms with Gasteiger partial charge in [-0.1, -0.05) is 53.5 Å². The van der Waals surface area contributed by atoms with Crippen molar-refractivity contribution in [1.29, 1.82) is 0 Å². The van der Waals surface area contributed by atoms with Gasteiger partial charge in [-0.2, -0.15) is 5.10 Å². The first-order valence-corrected chi connectivity index (χ1v) is 6.26. The molecule has 1 N–H and O–H groups in total. The highest BCUT2D eigenvalue weighted by Gasteiger charge is 2.09. The quantitative estimate of drug-likeness (QED) is 0.679. The van der Waals surface area contributed by atoms with Crippen molar-refractivity contribution in [2.24, 2.45) is 5.10 Å². The van der Waals surface area contributed by atoms with Crippen molar-refractivity contribution in [3.05, 3.63) is 69.7 Å². The Morgan fingerprint density at radius 3 is 2.53 bits per heavy atom. The predicted molar refractivity (Wildman–Crippen MR) is 78.0 cm³/mol. The number of nitrogens with one attached hydrogen (secondary N) is 1. The Balaban J connectivity index is 2.04. The molecule has 0 saturated heterocycles. The first kappa shape index (κ1) is 13.6. The molecule has 2 aromatic carbocycles. The van der Waals surface area contributed by atoms with Crippen molar-refractivity contribution in [1.82, 2.24) is 5.43 Å². The number of hydrogen-bond donors (Lipinski definition) is 1. The van der Waals surface area contributed by atoms with Gasteiger partial charge in [0.2, 0.25) is 0 Å². The minimum Gasteiger partial charge on any atom is -0.267 e. The normalized spacial score (nSPS) is 10.6. The molecule has 0 unspecified atom stereocenters. The number of halogens is 2. The third-order valence-corrected chi connectivity index (χ3v) is 2.90. The van der Waals surface area contributed by atoms with Crippen LogP contribution in [0.4, 0.5) is 0 Å². The SMILES string of the molecule is O=C(N/N=C\c1ccccc1)c1ccc(Cl)cc1Cl. The van der Waals surface area contributed by atoms with E-state index in [1.165, 1.54) is 6.07 Å². The van der Waals surface area contributed by atoms with E-state index in [1.807, 2.05) is 30.3 Å². The molecule has 5 heteroatoms. The molecule has 0 aliphatic rings. The predicted octanol–water partition coefficient (Wildman–Crippen LogP) is 3.76. The summed E-state index contributed by atoms with van der Waals surface area (Å²) in [5, 5.41) is 4.64. The minimum atomic E-state index is -0.381. The standard InChI is InChI=1S/C14H10Cl2N2O/c15-11-6-7-12(13(16)8-11)14(19)18-17-9-10-4-2-1-3-5-10/h1-9H,(H,18,19)/b17-9-. The molecule has 19 heavy (non-hydrogen) atoms. The van der Waals surface area contributed by atoms with Crippen LogP contribution in [0.25, 0.3) is 0 Å². The zero-order valence-electron chi connectivity index (χ0n) is 9.81. The van der Waals surface area contributed by atoms with Crippen molar-refractivity contribution in [2.45, 2.75) is 0 Å². The van der Waals surface area contributed by atoms with E-state index in [-0.39, 0.29) is 5.91 Å². The third kappa shape index (κ3) is 3.81. The summed E-state index contributed by atoms with van der Waals surface area (Å²) in [6.45, 7) is 0. The van der Waals surface area contributed by atoms with Crippen molar-refractivity contribution >= 4 is 35.3 Å². The molecular formula is C14H10Cl2N2O. The van der Waals surface area contributed by atoms with Crippen LogP contribution in [0.15, 0.2) is 53.6 Å². The van der Waals surface area contributed by atoms with Crippen LogP contribution < -0.4 is 5.43 Å². The number of hydrogen-bond acceptors (Lipinski definition) is 2. The van der Waals surface area contributed by atoms with E-state index < -0.39 is 0 Å². The Hall–Kier alpha value is -1.84. The Bertz CT molecular complexity index is 612. The van der Waals surface area contributed by atoms with E-state index in [4.69, 9.17) is 23.2 Å². The zero-order valence-corrected chi connectivity index (χ0v) is 11.3. The second kappa shape index (κ2) is 6.36. The van der Waals surface area contributed by atoms with E-state index in [2.05, 4.69) is 10.5 Å². The van der Waals surface area contributed by atoms with Crippen molar-refractivity contribution in [3.63, 3.8) is 0 Å². The van der Waals surface area contributed by atoms with Crippen molar-refractivity contribution < 1.29 is 4.79 Å². The summed E-state index contributed by atoms with van der Waals surface area (Å²) >= 11 is 11.7. The minimum absolute atomic E-state index is 0.292. The monoisotopic (exact) mass is 292 g/mol. The lowest BCUT2D eigenvalue weighted by Crippen LogP contribution is -2.17. The Labute approximate surface area is 120 Å². The number of amides is 1. The fourth-order valence-corrected chi connectivity index (χ4v) is 1.93. The summed E-state index contributed by atoms with van der Waals surface area (Å²) in [4.78, 5) is 11.8. The van der Waals surface area contributed by atoms with Gasteiger partial charge in [0.1, 0.15) is 0 Å². The summed E-state index contributed by atoms with van der Waals surface area (Å²) in [6, 6.07) is 14.1. The van der Waals surface area contributed by atoms with Gasteiger partial charge in [0, 0.05) is 5.02 Å². The molecule has 0 atom stereocenters. The van der Waals surface area contributed by atoms with Gasteiger partial charge in [0.05, 0.1) is 16.8 Å². The fourth-order valence-electron chi connectivity index (χ4n) is 1.44. The second-order valence-corrected chi connectivity index (χ2v) is 4.58. The molecular weight excluding hydrogens is 283 g/mol.